The highest BCUT2D eigenvalue weighted by molar-refractivity contribution is 8.18. The molecule has 2 heterocycles. The number of hydrogen-bond donors (Lipinski definition) is 1. The van der Waals surface area contributed by atoms with Crippen molar-refractivity contribution in [3.8, 4) is 0 Å². The average Bonchev–Trinajstić information content (AvgIpc) is 2.78. The van der Waals surface area contributed by atoms with Gasteiger partial charge in [0.25, 0.3) is 0 Å². The summed E-state index contributed by atoms with van der Waals surface area (Å²) < 4.78 is 0. The Morgan fingerprint density at radius 3 is 2.94 bits per heavy atom. The van der Waals surface area contributed by atoms with Gasteiger partial charge in [0.15, 0.2) is 5.17 Å². The number of nitrogens with two attached hydrogens (primary N) is 1. The van der Waals surface area contributed by atoms with E-state index >= 15 is 0 Å². The summed E-state index contributed by atoms with van der Waals surface area (Å²) in [5.74, 6) is 0. The van der Waals surface area contributed by atoms with Crippen LogP contribution in [0.4, 0.5) is 0 Å². The normalized spacial score (nSPS) is 22.5. The molecule has 3 rings (SSSR count). The van der Waals surface area contributed by atoms with Crippen molar-refractivity contribution >= 4 is 51.9 Å². The van der Waals surface area contributed by atoms with Gasteiger partial charge < -0.3 is 5.73 Å². The Hall–Kier alpha value is -0.490. The van der Waals surface area contributed by atoms with Crippen LogP contribution < -0.4 is 5.73 Å². The second-order valence-electron chi connectivity index (χ2n) is 3.50. The molecule has 0 fully saturated rings. The molecule has 0 spiro atoms. The quantitative estimate of drug-likeness (QED) is 0.856. The van der Waals surface area contributed by atoms with Gasteiger partial charge in [-0.05, 0) is 23.9 Å². The summed E-state index contributed by atoms with van der Waals surface area (Å²) in [6, 6.07) is 5.50. The van der Waals surface area contributed by atoms with Gasteiger partial charge in [0, 0.05) is 21.0 Å². The molecule has 0 bridgehead atoms. The maximum atomic E-state index is 6.20. The summed E-state index contributed by atoms with van der Waals surface area (Å²) in [6.45, 7) is 0. The van der Waals surface area contributed by atoms with Gasteiger partial charge >= 0.3 is 0 Å². The lowest BCUT2D eigenvalue weighted by atomic mass is 10.2. The zero-order valence-electron chi connectivity index (χ0n) is 8.43. The van der Waals surface area contributed by atoms with Crippen molar-refractivity contribution in [3.63, 3.8) is 0 Å². The molecule has 2 N–H and O–H groups in total. The number of amidine groups is 1. The van der Waals surface area contributed by atoms with Crippen LogP contribution in [0.2, 0.25) is 10.0 Å². The van der Waals surface area contributed by atoms with E-state index in [2.05, 4.69) is 5.10 Å². The van der Waals surface area contributed by atoms with Gasteiger partial charge in [-0.2, -0.15) is 0 Å². The van der Waals surface area contributed by atoms with Crippen molar-refractivity contribution in [2.24, 2.45) is 10.8 Å². The fourth-order valence-electron chi connectivity index (χ4n) is 1.66. The summed E-state index contributed by atoms with van der Waals surface area (Å²) in [7, 11) is 0. The number of nitrogens with zero attached hydrogens (tertiary/aromatic N) is 2. The van der Waals surface area contributed by atoms with Crippen molar-refractivity contribution < 1.29 is 0 Å². The predicted octanol–water partition coefficient (Wildman–Crippen LogP) is 3.82. The van der Waals surface area contributed by atoms with E-state index in [-0.39, 0.29) is 5.37 Å². The van der Waals surface area contributed by atoms with Crippen molar-refractivity contribution in [2.75, 3.05) is 0 Å². The first-order valence-electron chi connectivity index (χ1n) is 4.77. The summed E-state index contributed by atoms with van der Waals surface area (Å²) in [5, 5.41) is 11.1. The van der Waals surface area contributed by atoms with Crippen LogP contribution in [0.3, 0.4) is 0 Å². The highest BCUT2D eigenvalue weighted by Crippen LogP contribution is 2.50. The Bertz CT molecular complexity index is 544. The maximum Gasteiger partial charge on any atom is 0.184 e. The number of hydrazone groups is 1. The highest BCUT2D eigenvalue weighted by atomic mass is 35.5. The fourth-order valence-corrected chi connectivity index (χ4v) is 4.23. The molecule has 1 aromatic rings. The molecular weight excluding hydrogens is 297 g/mol. The standard InChI is InChI=1S/C10H7Cl2N3S2/c11-5-1-2-6(7(12)3-5)9-15-8(4-16-9)17-10(13)14-15/h1-4,9H,(H2,13,14)/t9-/m1/s1. The topological polar surface area (TPSA) is 41.6 Å². The SMILES string of the molecule is NC1=NN2C(=CS[C@@H]2c2ccc(Cl)cc2Cl)S1. The minimum absolute atomic E-state index is 0.0447. The molecule has 2 aliphatic heterocycles. The lowest BCUT2D eigenvalue weighted by Crippen LogP contribution is -2.13. The molecular formula is C10H7Cl2N3S2. The molecule has 1 atom stereocenters. The second-order valence-corrected chi connectivity index (χ2v) is 6.33. The van der Waals surface area contributed by atoms with E-state index < -0.39 is 0 Å². The molecule has 17 heavy (non-hydrogen) atoms. The minimum atomic E-state index is 0.0447. The molecule has 0 amide bonds. The van der Waals surface area contributed by atoms with Crippen LogP contribution in [0.1, 0.15) is 10.9 Å². The van der Waals surface area contributed by atoms with Crippen molar-refractivity contribution in [1.29, 1.82) is 0 Å². The fraction of sp³-hybridized carbons (Fsp3) is 0.100. The van der Waals surface area contributed by atoms with Gasteiger partial charge in [-0.15, -0.1) is 5.10 Å². The Kier molecular flexibility index (Phi) is 2.94. The smallest absolute Gasteiger partial charge is 0.184 e. The summed E-state index contributed by atoms with van der Waals surface area (Å²) in [4.78, 5) is 0. The molecule has 0 radical (unpaired) electrons. The van der Waals surface area contributed by atoms with E-state index in [1.165, 1.54) is 11.8 Å². The molecule has 88 valence electrons. The van der Waals surface area contributed by atoms with Gasteiger partial charge in [-0.3, -0.25) is 0 Å². The molecule has 0 saturated carbocycles. The molecule has 7 heteroatoms. The monoisotopic (exact) mass is 303 g/mol. The third kappa shape index (κ3) is 2.01. The van der Waals surface area contributed by atoms with Crippen LogP contribution in [-0.2, 0) is 0 Å². The van der Waals surface area contributed by atoms with E-state index in [9.17, 15) is 0 Å². The van der Waals surface area contributed by atoms with E-state index in [1.54, 1.807) is 17.8 Å². The third-order valence-corrected chi connectivity index (χ3v) is 4.98. The van der Waals surface area contributed by atoms with Crippen LogP contribution in [0.5, 0.6) is 0 Å². The largest absolute Gasteiger partial charge is 0.377 e. The number of benzene rings is 1. The highest BCUT2D eigenvalue weighted by Gasteiger charge is 2.34. The van der Waals surface area contributed by atoms with Gasteiger partial charge in [0.05, 0.1) is 0 Å². The van der Waals surface area contributed by atoms with Crippen molar-refractivity contribution in [2.45, 2.75) is 5.37 Å². The summed E-state index contributed by atoms with van der Waals surface area (Å²) >= 11 is 15.2. The number of fused-ring (bicyclic) bond motifs is 1. The zero-order valence-corrected chi connectivity index (χ0v) is 11.6. The van der Waals surface area contributed by atoms with E-state index in [0.717, 1.165) is 10.6 Å². The Morgan fingerprint density at radius 2 is 2.18 bits per heavy atom. The van der Waals surface area contributed by atoms with Crippen molar-refractivity contribution in [3.05, 3.63) is 44.2 Å². The Morgan fingerprint density at radius 1 is 1.35 bits per heavy atom. The molecule has 2 aliphatic rings. The zero-order chi connectivity index (χ0) is 12.0. The van der Waals surface area contributed by atoms with Crippen LogP contribution in [0.15, 0.2) is 33.7 Å². The molecule has 3 nitrogen and oxygen atoms in total. The molecule has 0 aromatic heterocycles. The second kappa shape index (κ2) is 4.31. The van der Waals surface area contributed by atoms with Gasteiger partial charge in [-0.25, -0.2) is 5.01 Å². The predicted molar refractivity (Wildman–Crippen MR) is 75.9 cm³/mol. The van der Waals surface area contributed by atoms with Gasteiger partial charge in [-0.1, -0.05) is 41.0 Å². The van der Waals surface area contributed by atoms with Crippen LogP contribution in [-0.4, -0.2) is 10.2 Å². The Balaban J connectivity index is 1.96. The van der Waals surface area contributed by atoms with E-state index in [0.29, 0.717) is 15.2 Å². The van der Waals surface area contributed by atoms with Crippen LogP contribution in [0, 0.1) is 0 Å². The van der Waals surface area contributed by atoms with Crippen molar-refractivity contribution in [1.82, 2.24) is 5.01 Å². The number of hydrogen-bond acceptors (Lipinski definition) is 5. The van der Waals surface area contributed by atoms with Crippen LogP contribution in [0.25, 0.3) is 0 Å². The molecule has 1 aromatic carbocycles. The maximum absolute atomic E-state index is 6.20. The first-order chi connectivity index (χ1) is 8.15. The van der Waals surface area contributed by atoms with Gasteiger partial charge in [0.1, 0.15) is 10.4 Å². The summed E-state index contributed by atoms with van der Waals surface area (Å²) in [6.07, 6.45) is 0. The Labute approximate surface area is 117 Å². The first-order valence-corrected chi connectivity index (χ1v) is 7.28. The third-order valence-electron chi connectivity index (χ3n) is 2.39. The number of thioether (sulfide) groups is 2. The van der Waals surface area contributed by atoms with Crippen LogP contribution >= 0.6 is 46.7 Å². The minimum Gasteiger partial charge on any atom is -0.377 e. The number of rotatable bonds is 1. The van der Waals surface area contributed by atoms with E-state index in [4.69, 9.17) is 28.9 Å². The molecule has 0 unspecified atom stereocenters. The lowest BCUT2D eigenvalue weighted by Gasteiger charge is -2.20. The molecule has 0 aliphatic carbocycles. The molecule has 0 saturated heterocycles. The number of halogens is 2. The van der Waals surface area contributed by atoms with E-state index in [1.807, 2.05) is 22.5 Å². The average molecular weight is 304 g/mol. The lowest BCUT2D eigenvalue weighted by molar-refractivity contribution is 0.387. The van der Waals surface area contributed by atoms with Gasteiger partial charge in [0.2, 0.25) is 0 Å². The first kappa shape index (κ1) is 11.6. The summed E-state index contributed by atoms with van der Waals surface area (Å²) in [5.41, 5.74) is 6.69.